The van der Waals surface area contributed by atoms with Crippen LogP contribution in [-0.2, 0) is 9.59 Å². The van der Waals surface area contributed by atoms with Gasteiger partial charge in [0, 0.05) is 62.3 Å². The smallest absolute Gasteiger partial charge is 0.242 e. The first-order chi connectivity index (χ1) is 21.2. The van der Waals surface area contributed by atoms with Gasteiger partial charge in [-0.1, -0.05) is 59.6 Å². The summed E-state index contributed by atoms with van der Waals surface area (Å²) in [5.74, 6) is 1.31. The van der Waals surface area contributed by atoms with E-state index in [2.05, 4.69) is 41.2 Å². The predicted octanol–water partition coefficient (Wildman–Crippen LogP) is 4.69. The molecule has 0 unspecified atom stereocenters. The van der Waals surface area contributed by atoms with Crippen LogP contribution in [0.5, 0.6) is 11.8 Å². The van der Waals surface area contributed by atoms with Gasteiger partial charge in [0.15, 0.2) is 0 Å². The number of aromatic nitrogens is 4. The van der Waals surface area contributed by atoms with Crippen LogP contribution in [0.1, 0.15) is 13.8 Å². The maximum atomic E-state index is 11.1. The van der Waals surface area contributed by atoms with Crippen molar-refractivity contribution < 1.29 is 19.1 Å². The van der Waals surface area contributed by atoms with Crippen LogP contribution in [0, 0.1) is 0 Å². The molecule has 0 radical (unpaired) electrons. The standard InChI is InChI=1S/C30H32Cl2N8O4/c1-17(41)33-11-13-35-23-15-37-27(29(39-23)43-3)21-9-5-7-19(25(21)31)20-8-6-10-22(26(20)32)28-30(44-4)40-24(16-38-28)36-14-12-34-18(2)42/h5-10,15-16H,11-14H2,1-4H3,(H,33,41)(H,34,42)(H,35,39)(H,36,40). The molecular formula is C30H32Cl2N8O4. The van der Waals surface area contributed by atoms with Crippen LogP contribution in [0.15, 0.2) is 48.8 Å². The minimum absolute atomic E-state index is 0.111. The van der Waals surface area contributed by atoms with Crippen molar-refractivity contribution in [1.82, 2.24) is 30.6 Å². The van der Waals surface area contributed by atoms with Crippen LogP contribution in [0.4, 0.5) is 11.6 Å². The van der Waals surface area contributed by atoms with Gasteiger partial charge in [0.05, 0.1) is 36.7 Å². The first-order valence-electron chi connectivity index (χ1n) is 13.6. The molecule has 4 aromatic rings. The monoisotopic (exact) mass is 638 g/mol. The number of hydrogen-bond donors (Lipinski definition) is 4. The first kappa shape index (κ1) is 32.2. The molecule has 0 saturated carbocycles. The van der Waals surface area contributed by atoms with Crippen molar-refractivity contribution in [3.63, 3.8) is 0 Å². The zero-order valence-electron chi connectivity index (χ0n) is 24.6. The number of nitrogens with one attached hydrogen (secondary N) is 4. The fraction of sp³-hybridized carbons (Fsp3) is 0.267. The lowest BCUT2D eigenvalue weighted by molar-refractivity contribution is -0.119. The molecule has 2 aromatic carbocycles. The molecule has 12 nitrogen and oxygen atoms in total. The lowest BCUT2D eigenvalue weighted by Crippen LogP contribution is -2.26. The zero-order valence-corrected chi connectivity index (χ0v) is 26.1. The van der Waals surface area contributed by atoms with Gasteiger partial charge in [0.25, 0.3) is 0 Å². The highest BCUT2D eigenvalue weighted by molar-refractivity contribution is 6.39. The van der Waals surface area contributed by atoms with Gasteiger partial charge in [0.2, 0.25) is 23.6 Å². The molecular weight excluding hydrogens is 607 g/mol. The molecule has 0 saturated heterocycles. The number of ether oxygens (including phenoxy) is 2. The van der Waals surface area contributed by atoms with Crippen molar-refractivity contribution >= 4 is 46.7 Å². The number of rotatable bonds is 13. The van der Waals surface area contributed by atoms with Gasteiger partial charge in [-0.3, -0.25) is 9.59 Å². The molecule has 2 aromatic heterocycles. The van der Waals surface area contributed by atoms with Crippen LogP contribution >= 0.6 is 23.2 Å². The number of amides is 2. The van der Waals surface area contributed by atoms with Gasteiger partial charge in [-0.15, -0.1) is 0 Å². The maximum Gasteiger partial charge on any atom is 0.242 e. The van der Waals surface area contributed by atoms with Gasteiger partial charge in [-0.2, -0.15) is 9.97 Å². The number of benzene rings is 2. The molecule has 0 spiro atoms. The predicted molar refractivity (Wildman–Crippen MR) is 171 cm³/mol. The molecule has 230 valence electrons. The van der Waals surface area contributed by atoms with Crippen LogP contribution in [0.3, 0.4) is 0 Å². The summed E-state index contributed by atoms with van der Waals surface area (Å²) in [5.41, 5.74) is 3.45. The summed E-state index contributed by atoms with van der Waals surface area (Å²) in [5, 5.41) is 12.4. The van der Waals surface area contributed by atoms with Crippen LogP contribution in [0.25, 0.3) is 33.6 Å². The van der Waals surface area contributed by atoms with Gasteiger partial charge >= 0.3 is 0 Å². The molecule has 0 fully saturated rings. The summed E-state index contributed by atoms with van der Waals surface area (Å²) in [6.45, 7) is 4.73. The fourth-order valence-corrected chi connectivity index (χ4v) is 4.91. The van der Waals surface area contributed by atoms with E-state index in [4.69, 9.17) is 32.7 Å². The second kappa shape index (κ2) is 15.2. The van der Waals surface area contributed by atoms with Crippen LogP contribution in [-0.4, -0.2) is 72.1 Å². The zero-order chi connectivity index (χ0) is 31.6. The third kappa shape index (κ3) is 7.82. The molecule has 0 atom stereocenters. The summed E-state index contributed by atoms with van der Waals surface area (Å²) in [6, 6.07) is 11.1. The topological polar surface area (TPSA) is 152 Å². The average molecular weight is 640 g/mol. The fourth-order valence-electron chi connectivity index (χ4n) is 4.27. The Hall–Kier alpha value is -4.68. The number of methoxy groups -OCH3 is 2. The normalized spacial score (nSPS) is 10.6. The quantitative estimate of drug-likeness (QED) is 0.152. The molecule has 0 aliphatic carbocycles. The van der Waals surface area contributed by atoms with E-state index in [9.17, 15) is 9.59 Å². The van der Waals surface area contributed by atoms with Crippen molar-refractivity contribution in [1.29, 1.82) is 0 Å². The van der Waals surface area contributed by atoms with Crippen molar-refractivity contribution in [2.45, 2.75) is 13.8 Å². The van der Waals surface area contributed by atoms with E-state index >= 15 is 0 Å². The summed E-state index contributed by atoms with van der Waals surface area (Å²) < 4.78 is 11.1. The minimum atomic E-state index is -0.111. The molecule has 0 aliphatic rings. The van der Waals surface area contributed by atoms with Crippen molar-refractivity contribution in [3.8, 4) is 45.4 Å². The second-order valence-corrected chi connectivity index (χ2v) is 10.1. The number of carbonyl (C=O) groups is 2. The van der Waals surface area contributed by atoms with E-state index in [0.717, 1.165) is 0 Å². The third-order valence-electron chi connectivity index (χ3n) is 6.28. The molecule has 4 N–H and O–H groups in total. The van der Waals surface area contributed by atoms with E-state index in [-0.39, 0.29) is 23.6 Å². The molecule has 2 heterocycles. The van der Waals surface area contributed by atoms with E-state index < -0.39 is 0 Å². The van der Waals surface area contributed by atoms with E-state index in [0.29, 0.717) is 81.5 Å². The second-order valence-electron chi connectivity index (χ2n) is 9.38. The highest BCUT2D eigenvalue weighted by Crippen LogP contribution is 2.44. The van der Waals surface area contributed by atoms with Gasteiger partial charge < -0.3 is 30.7 Å². The number of carbonyl (C=O) groups excluding carboxylic acids is 2. The Morgan fingerprint density at radius 1 is 0.659 bits per heavy atom. The van der Waals surface area contributed by atoms with Crippen molar-refractivity contribution in [2.24, 2.45) is 0 Å². The van der Waals surface area contributed by atoms with Gasteiger partial charge in [-0.25, -0.2) is 9.97 Å². The Bertz CT molecular complexity index is 1530. The third-order valence-corrected chi connectivity index (χ3v) is 7.09. The van der Waals surface area contributed by atoms with Crippen LogP contribution in [0.2, 0.25) is 10.0 Å². The van der Waals surface area contributed by atoms with E-state index in [1.165, 1.54) is 28.1 Å². The largest absolute Gasteiger partial charge is 0.479 e. The summed E-state index contributed by atoms with van der Waals surface area (Å²) >= 11 is 14.0. The van der Waals surface area contributed by atoms with Crippen molar-refractivity contribution in [2.75, 3.05) is 51.0 Å². The lowest BCUT2D eigenvalue weighted by atomic mass is 9.98. The van der Waals surface area contributed by atoms with E-state index in [1.54, 1.807) is 12.4 Å². The number of halogens is 2. The average Bonchev–Trinajstić information content (AvgIpc) is 3.01. The SMILES string of the molecule is COc1nc(NCCNC(C)=O)cnc1-c1cccc(-c2cccc(-c3ncc(NCCNC(C)=O)nc3OC)c2Cl)c1Cl. The Labute approximate surface area is 264 Å². The molecule has 0 bridgehead atoms. The highest BCUT2D eigenvalue weighted by atomic mass is 35.5. The Morgan fingerprint density at radius 2 is 1.05 bits per heavy atom. The first-order valence-corrected chi connectivity index (χ1v) is 14.4. The minimum Gasteiger partial charge on any atom is -0.479 e. The van der Waals surface area contributed by atoms with Crippen LogP contribution < -0.4 is 30.7 Å². The summed E-state index contributed by atoms with van der Waals surface area (Å²) in [6.07, 6.45) is 3.15. The number of nitrogens with zero attached hydrogens (tertiary/aromatic N) is 4. The number of anilines is 2. The molecule has 0 aliphatic heterocycles. The van der Waals surface area contributed by atoms with Gasteiger partial charge in [-0.05, 0) is 0 Å². The lowest BCUT2D eigenvalue weighted by Gasteiger charge is -2.16. The van der Waals surface area contributed by atoms with Gasteiger partial charge in [0.1, 0.15) is 23.0 Å². The molecule has 4 rings (SSSR count). The highest BCUT2D eigenvalue weighted by Gasteiger charge is 2.21. The Kier molecular flexibility index (Phi) is 11.1. The molecule has 2 amide bonds. The van der Waals surface area contributed by atoms with E-state index in [1.807, 2.05) is 36.4 Å². The van der Waals surface area contributed by atoms with Crippen molar-refractivity contribution in [3.05, 3.63) is 58.8 Å². The number of hydrogen-bond acceptors (Lipinski definition) is 10. The Morgan fingerprint density at radius 3 is 1.41 bits per heavy atom. The molecule has 14 heteroatoms. The maximum absolute atomic E-state index is 11.1. The summed E-state index contributed by atoms with van der Waals surface area (Å²) in [4.78, 5) is 40.3. The summed E-state index contributed by atoms with van der Waals surface area (Å²) in [7, 11) is 3.01. The molecule has 44 heavy (non-hydrogen) atoms. The Balaban J connectivity index is 1.63.